The smallest absolute Gasteiger partial charge is 0.345 e. The zero-order valence-electron chi connectivity index (χ0n) is 12.3. The fourth-order valence-corrected chi connectivity index (χ4v) is 1.99. The Morgan fingerprint density at radius 3 is 2.71 bits per heavy atom. The molecule has 1 rings (SSSR count). The van der Waals surface area contributed by atoms with Crippen molar-refractivity contribution < 1.29 is 18.8 Å². The van der Waals surface area contributed by atoms with Crippen LogP contribution in [0.4, 0.5) is 10.1 Å². The molecule has 1 aromatic rings. The van der Waals surface area contributed by atoms with Crippen LogP contribution in [0.5, 0.6) is 0 Å². The van der Waals surface area contributed by atoms with Gasteiger partial charge in [-0.15, -0.1) is 0 Å². The van der Waals surface area contributed by atoms with Gasteiger partial charge in [0.05, 0.1) is 11.0 Å². The first-order chi connectivity index (χ1) is 9.95. The van der Waals surface area contributed by atoms with Crippen molar-refractivity contribution in [2.45, 2.75) is 52.1 Å². The van der Waals surface area contributed by atoms with Gasteiger partial charge in [0.25, 0.3) is 5.69 Å². The van der Waals surface area contributed by atoms with E-state index in [1.54, 1.807) is 6.92 Å². The number of carbonyl (C=O) groups is 1. The molecule has 0 saturated heterocycles. The minimum absolute atomic E-state index is 0.347. The molecule has 1 atom stereocenters. The highest BCUT2D eigenvalue weighted by Gasteiger charge is 2.23. The predicted octanol–water partition coefficient (Wildman–Crippen LogP) is 4.25. The van der Waals surface area contributed by atoms with Gasteiger partial charge >= 0.3 is 5.97 Å². The van der Waals surface area contributed by atoms with E-state index in [1.807, 2.05) is 0 Å². The highest BCUT2D eigenvalue weighted by Crippen LogP contribution is 2.21. The molecule has 0 N–H and O–H groups in total. The van der Waals surface area contributed by atoms with Crippen LogP contribution in [0.3, 0.4) is 0 Å². The first-order valence-electron chi connectivity index (χ1n) is 7.10. The van der Waals surface area contributed by atoms with Crippen LogP contribution in [0, 0.1) is 15.9 Å². The van der Waals surface area contributed by atoms with Crippen molar-refractivity contribution in [1.82, 2.24) is 0 Å². The average Bonchev–Trinajstić information content (AvgIpc) is 2.43. The number of carbonyl (C=O) groups excluding carboxylic acids is 1. The van der Waals surface area contributed by atoms with Gasteiger partial charge in [-0.25, -0.2) is 9.18 Å². The minimum atomic E-state index is -0.857. The second kappa shape index (κ2) is 8.34. The van der Waals surface area contributed by atoms with Gasteiger partial charge in [0.15, 0.2) is 0 Å². The molecule has 0 radical (unpaired) electrons. The average molecular weight is 297 g/mol. The van der Waals surface area contributed by atoms with Crippen LogP contribution >= 0.6 is 0 Å². The van der Waals surface area contributed by atoms with Crippen molar-refractivity contribution in [3.63, 3.8) is 0 Å². The standard InChI is InChI=1S/C15H20FNO4/c1-3-4-5-6-7-11(2)21-15(18)13-10-12(16)8-9-14(13)17(19)20/h8-11H,3-7H2,1-2H3. The Morgan fingerprint density at radius 1 is 1.38 bits per heavy atom. The molecular formula is C15H20FNO4. The van der Waals surface area contributed by atoms with Gasteiger partial charge in [0, 0.05) is 6.07 Å². The molecule has 6 heteroatoms. The Kier molecular flexibility index (Phi) is 6.78. The van der Waals surface area contributed by atoms with Crippen molar-refractivity contribution in [3.8, 4) is 0 Å². The molecule has 0 aliphatic rings. The van der Waals surface area contributed by atoms with Crippen LogP contribution in [0.2, 0.25) is 0 Å². The van der Waals surface area contributed by atoms with Gasteiger partial charge < -0.3 is 4.74 Å². The number of nitro benzene ring substituents is 1. The Balaban J connectivity index is 2.66. The fraction of sp³-hybridized carbons (Fsp3) is 0.533. The Labute approximate surface area is 123 Å². The third-order valence-corrected chi connectivity index (χ3v) is 3.15. The largest absolute Gasteiger partial charge is 0.459 e. The second-order valence-corrected chi connectivity index (χ2v) is 4.98. The summed E-state index contributed by atoms with van der Waals surface area (Å²) in [5, 5.41) is 10.8. The summed E-state index contributed by atoms with van der Waals surface area (Å²) in [7, 11) is 0. The second-order valence-electron chi connectivity index (χ2n) is 4.98. The molecule has 0 spiro atoms. The maximum atomic E-state index is 13.2. The number of rotatable bonds is 8. The molecule has 0 aromatic heterocycles. The molecule has 0 saturated carbocycles. The summed E-state index contributed by atoms with van der Waals surface area (Å²) >= 11 is 0. The van der Waals surface area contributed by atoms with Gasteiger partial charge in [0.2, 0.25) is 0 Å². The molecule has 0 fully saturated rings. The number of halogens is 1. The van der Waals surface area contributed by atoms with E-state index in [1.165, 1.54) is 0 Å². The topological polar surface area (TPSA) is 69.4 Å². The van der Waals surface area contributed by atoms with Crippen LogP contribution in [0.15, 0.2) is 18.2 Å². The summed E-state index contributed by atoms with van der Waals surface area (Å²) < 4.78 is 18.3. The van der Waals surface area contributed by atoms with Crippen LogP contribution in [-0.4, -0.2) is 17.0 Å². The molecule has 1 unspecified atom stereocenters. The number of benzene rings is 1. The normalized spacial score (nSPS) is 12.0. The summed E-state index contributed by atoms with van der Waals surface area (Å²) in [4.78, 5) is 22.1. The summed E-state index contributed by atoms with van der Waals surface area (Å²) in [6.07, 6.45) is 4.55. The highest BCUT2D eigenvalue weighted by atomic mass is 19.1. The van der Waals surface area contributed by atoms with Crippen molar-refractivity contribution in [2.24, 2.45) is 0 Å². The van der Waals surface area contributed by atoms with E-state index in [0.29, 0.717) is 6.42 Å². The first-order valence-corrected chi connectivity index (χ1v) is 7.10. The summed E-state index contributed by atoms with van der Waals surface area (Å²) in [6.45, 7) is 3.83. The van der Waals surface area contributed by atoms with Gasteiger partial charge in [-0.2, -0.15) is 0 Å². The molecule has 0 aliphatic carbocycles. The maximum Gasteiger partial charge on any atom is 0.345 e. The Bertz CT molecular complexity index is 504. The zero-order chi connectivity index (χ0) is 15.8. The van der Waals surface area contributed by atoms with Gasteiger partial charge in [-0.05, 0) is 31.9 Å². The molecular weight excluding hydrogens is 277 g/mol. The van der Waals surface area contributed by atoms with E-state index in [-0.39, 0.29) is 11.7 Å². The fourth-order valence-electron chi connectivity index (χ4n) is 1.99. The number of nitro groups is 1. The minimum Gasteiger partial charge on any atom is -0.459 e. The quantitative estimate of drug-likeness (QED) is 0.311. The van der Waals surface area contributed by atoms with Crippen LogP contribution in [0.25, 0.3) is 0 Å². The molecule has 21 heavy (non-hydrogen) atoms. The van der Waals surface area contributed by atoms with E-state index in [9.17, 15) is 19.3 Å². The van der Waals surface area contributed by atoms with Gasteiger partial charge in [-0.3, -0.25) is 10.1 Å². The lowest BCUT2D eigenvalue weighted by Crippen LogP contribution is -2.16. The number of nitrogens with zero attached hydrogens (tertiary/aromatic N) is 1. The van der Waals surface area contributed by atoms with Crippen molar-refractivity contribution >= 4 is 11.7 Å². The van der Waals surface area contributed by atoms with Crippen LogP contribution in [0.1, 0.15) is 56.3 Å². The number of unbranched alkanes of at least 4 members (excludes halogenated alkanes) is 3. The Hall–Kier alpha value is -1.98. The molecule has 0 heterocycles. The molecule has 0 bridgehead atoms. The molecule has 116 valence electrons. The van der Waals surface area contributed by atoms with Gasteiger partial charge in [0.1, 0.15) is 11.4 Å². The molecule has 0 aliphatic heterocycles. The van der Waals surface area contributed by atoms with Crippen LogP contribution < -0.4 is 0 Å². The van der Waals surface area contributed by atoms with E-state index < -0.39 is 22.4 Å². The zero-order valence-corrected chi connectivity index (χ0v) is 12.3. The maximum absolute atomic E-state index is 13.2. The first kappa shape index (κ1) is 17.1. The third kappa shape index (κ3) is 5.49. The van der Waals surface area contributed by atoms with Crippen molar-refractivity contribution in [2.75, 3.05) is 0 Å². The Morgan fingerprint density at radius 2 is 2.10 bits per heavy atom. The number of ether oxygens (including phenoxy) is 1. The van der Waals surface area contributed by atoms with E-state index in [2.05, 4.69) is 6.92 Å². The predicted molar refractivity (Wildman–Crippen MR) is 76.7 cm³/mol. The lowest BCUT2D eigenvalue weighted by Gasteiger charge is -2.13. The van der Waals surface area contributed by atoms with E-state index in [0.717, 1.165) is 43.9 Å². The highest BCUT2D eigenvalue weighted by molar-refractivity contribution is 5.94. The molecule has 0 amide bonds. The van der Waals surface area contributed by atoms with E-state index >= 15 is 0 Å². The summed E-state index contributed by atoms with van der Waals surface area (Å²) in [5.41, 5.74) is -0.792. The summed E-state index contributed by atoms with van der Waals surface area (Å²) in [6, 6.07) is 2.76. The molecule has 1 aromatic carbocycles. The number of esters is 1. The third-order valence-electron chi connectivity index (χ3n) is 3.15. The van der Waals surface area contributed by atoms with Gasteiger partial charge in [-0.1, -0.05) is 26.2 Å². The van der Waals surface area contributed by atoms with Crippen LogP contribution in [-0.2, 0) is 4.74 Å². The monoisotopic (exact) mass is 297 g/mol. The van der Waals surface area contributed by atoms with E-state index in [4.69, 9.17) is 4.74 Å². The SMILES string of the molecule is CCCCCCC(C)OC(=O)c1cc(F)ccc1[N+](=O)[O-]. The lowest BCUT2D eigenvalue weighted by atomic mass is 10.1. The van der Waals surface area contributed by atoms with Crippen molar-refractivity contribution in [1.29, 1.82) is 0 Å². The molecule has 5 nitrogen and oxygen atoms in total. The number of hydrogen-bond acceptors (Lipinski definition) is 4. The van der Waals surface area contributed by atoms with Crippen molar-refractivity contribution in [3.05, 3.63) is 39.7 Å². The number of hydrogen-bond donors (Lipinski definition) is 0. The summed E-state index contributed by atoms with van der Waals surface area (Å²) in [5.74, 6) is -1.56. The lowest BCUT2D eigenvalue weighted by molar-refractivity contribution is -0.385.